The van der Waals surface area contributed by atoms with E-state index in [0.717, 1.165) is 12.0 Å². The van der Waals surface area contributed by atoms with E-state index in [1.807, 2.05) is 12.1 Å². The van der Waals surface area contributed by atoms with E-state index in [1.165, 1.54) is 47.4 Å². The maximum Gasteiger partial charge on any atom is 0.209 e. The van der Waals surface area contributed by atoms with Gasteiger partial charge in [0.2, 0.25) is 10.0 Å². The molecule has 1 aliphatic carbocycles. The van der Waals surface area contributed by atoms with Crippen molar-refractivity contribution in [1.29, 1.82) is 0 Å². The van der Waals surface area contributed by atoms with Crippen LogP contribution in [0.2, 0.25) is 0 Å². The van der Waals surface area contributed by atoms with Crippen molar-refractivity contribution in [3.8, 4) is 0 Å². The average molecular weight is 437 g/mol. The van der Waals surface area contributed by atoms with Gasteiger partial charge >= 0.3 is 0 Å². The highest BCUT2D eigenvalue weighted by molar-refractivity contribution is 7.88. The van der Waals surface area contributed by atoms with E-state index in [2.05, 4.69) is 71.6 Å². The second-order valence-electron chi connectivity index (χ2n) is 8.85. The average Bonchev–Trinajstić information content (AvgIpc) is 2.77. The van der Waals surface area contributed by atoms with Crippen molar-refractivity contribution in [1.82, 2.24) is 10.0 Å². The van der Waals surface area contributed by atoms with Gasteiger partial charge in [-0.15, -0.1) is 0 Å². The molecule has 0 heterocycles. The van der Waals surface area contributed by atoms with Crippen molar-refractivity contribution in [3.05, 3.63) is 83.4 Å². The van der Waals surface area contributed by atoms with Crippen LogP contribution < -0.4 is 10.0 Å². The summed E-state index contributed by atoms with van der Waals surface area (Å²) in [7, 11) is -3.17. The number of nitrogens with one attached hydrogen (secondary N) is 2. The number of hydrogen-bond donors (Lipinski definition) is 2. The van der Waals surface area contributed by atoms with Crippen LogP contribution in [-0.4, -0.2) is 20.7 Å². The van der Waals surface area contributed by atoms with Crippen LogP contribution in [-0.2, 0) is 16.6 Å². The Hall–Kier alpha value is -2.21. The first-order valence-electron chi connectivity index (χ1n) is 11.2. The van der Waals surface area contributed by atoms with Gasteiger partial charge < -0.3 is 5.32 Å². The van der Waals surface area contributed by atoms with Gasteiger partial charge in [0.05, 0.1) is 6.26 Å². The summed E-state index contributed by atoms with van der Waals surface area (Å²) in [6.45, 7) is 2.62. The molecule has 4 nitrogen and oxygen atoms in total. The number of hydrogen-bond acceptors (Lipinski definition) is 3. The molecule has 0 aromatic heterocycles. The molecule has 3 aromatic rings. The van der Waals surface area contributed by atoms with Crippen molar-refractivity contribution >= 4 is 20.8 Å². The molecular weight excluding hydrogens is 404 g/mol. The lowest BCUT2D eigenvalue weighted by Gasteiger charge is -2.32. The van der Waals surface area contributed by atoms with Gasteiger partial charge in [-0.3, -0.25) is 0 Å². The normalized spacial score (nSPS) is 20.6. The zero-order chi connectivity index (χ0) is 21.8. The summed E-state index contributed by atoms with van der Waals surface area (Å²) in [6, 6.07) is 24.4. The molecule has 1 aliphatic rings. The second kappa shape index (κ2) is 9.51. The highest BCUT2D eigenvalue weighted by atomic mass is 32.2. The van der Waals surface area contributed by atoms with Crippen LogP contribution >= 0.6 is 0 Å². The third kappa shape index (κ3) is 5.73. The fourth-order valence-electron chi connectivity index (χ4n) is 4.84. The SMILES string of the molecule is CC(NC1CCCC(c2ccc(CNS(C)(=O)=O)cc2)C1)c1cccc2ccccc12. The molecule has 3 aromatic carbocycles. The molecule has 4 rings (SSSR count). The van der Waals surface area contributed by atoms with E-state index < -0.39 is 10.0 Å². The molecule has 5 heteroatoms. The maximum absolute atomic E-state index is 11.3. The Balaban J connectivity index is 1.40. The van der Waals surface area contributed by atoms with E-state index >= 15 is 0 Å². The lowest BCUT2D eigenvalue weighted by atomic mass is 9.81. The Morgan fingerprint density at radius 1 is 0.968 bits per heavy atom. The summed E-state index contributed by atoms with van der Waals surface area (Å²) >= 11 is 0. The quantitative estimate of drug-likeness (QED) is 0.531. The highest BCUT2D eigenvalue weighted by Gasteiger charge is 2.25. The van der Waals surface area contributed by atoms with Crippen LogP contribution in [0.3, 0.4) is 0 Å². The molecule has 0 spiro atoms. The summed E-state index contributed by atoms with van der Waals surface area (Å²) in [4.78, 5) is 0. The summed E-state index contributed by atoms with van der Waals surface area (Å²) in [5, 5.41) is 6.52. The Bertz CT molecular complexity index is 1120. The van der Waals surface area contributed by atoms with Gasteiger partial charge in [-0.1, -0.05) is 73.2 Å². The third-order valence-corrected chi connectivity index (χ3v) is 7.11. The first-order valence-corrected chi connectivity index (χ1v) is 13.1. The zero-order valence-electron chi connectivity index (χ0n) is 18.3. The van der Waals surface area contributed by atoms with Crippen molar-refractivity contribution in [2.24, 2.45) is 0 Å². The van der Waals surface area contributed by atoms with E-state index in [9.17, 15) is 8.42 Å². The molecule has 0 amide bonds. The molecule has 0 aliphatic heterocycles. The summed E-state index contributed by atoms with van der Waals surface area (Å²) in [6.07, 6.45) is 5.97. The molecule has 0 radical (unpaired) electrons. The standard InChI is InChI=1S/C26H32N2O2S/c1-19(25-12-6-8-22-7-3-4-11-26(22)25)28-24-10-5-9-23(17-24)21-15-13-20(14-16-21)18-27-31(2,29)30/h3-4,6-8,11-16,19,23-24,27-28H,5,9-10,17-18H2,1-2H3. The summed E-state index contributed by atoms with van der Waals surface area (Å²) < 4.78 is 25.2. The monoisotopic (exact) mass is 436 g/mol. The van der Waals surface area contributed by atoms with E-state index in [0.29, 0.717) is 24.5 Å². The number of rotatable bonds is 7. The lowest BCUT2D eigenvalue weighted by Crippen LogP contribution is -2.35. The molecule has 3 atom stereocenters. The Morgan fingerprint density at radius 3 is 2.48 bits per heavy atom. The smallest absolute Gasteiger partial charge is 0.209 e. The van der Waals surface area contributed by atoms with Crippen molar-refractivity contribution < 1.29 is 8.42 Å². The fraction of sp³-hybridized carbons (Fsp3) is 0.385. The minimum absolute atomic E-state index is 0.305. The van der Waals surface area contributed by atoms with Gasteiger partial charge in [-0.25, -0.2) is 13.1 Å². The Morgan fingerprint density at radius 2 is 1.71 bits per heavy atom. The van der Waals surface area contributed by atoms with Gasteiger partial charge in [0.1, 0.15) is 0 Å². The van der Waals surface area contributed by atoms with Gasteiger partial charge in [0.15, 0.2) is 0 Å². The number of fused-ring (bicyclic) bond motifs is 1. The minimum atomic E-state index is -3.17. The van der Waals surface area contributed by atoms with Crippen LogP contribution in [0.1, 0.15) is 61.3 Å². The van der Waals surface area contributed by atoms with Gasteiger partial charge in [-0.2, -0.15) is 0 Å². The fourth-order valence-corrected chi connectivity index (χ4v) is 5.27. The van der Waals surface area contributed by atoms with E-state index in [4.69, 9.17) is 0 Å². The topological polar surface area (TPSA) is 58.2 Å². The molecule has 164 valence electrons. The molecule has 0 saturated heterocycles. The van der Waals surface area contributed by atoms with Crippen molar-refractivity contribution in [2.45, 2.75) is 57.2 Å². The largest absolute Gasteiger partial charge is 0.307 e. The van der Waals surface area contributed by atoms with E-state index in [1.54, 1.807) is 0 Å². The van der Waals surface area contributed by atoms with Gasteiger partial charge in [0, 0.05) is 18.6 Å². The predicted molar refractivity (Wildman–Crippen MR) is 129 cm³/mol. The van der Waals surface area contributed by atoms with Crippen LogP contribution in [0, 0.1) is 0 Å². The van der Waals surface area contributed by atoms with Crippen LogP contribution in [0.25, 0.3) is 10.8 Å². The summed E-state index contributed by atoms with van der Waals surface area (Å²) in [5.74, 6) is 0.544. The van der Waals surface area contributed by atoms with Crippen LogP contribution in [0.5, 0.6) is 0 Å². The van der Waals surface area contributed by atoms with Gasteiger partial charge in [0.25, 0.3) is 0 Å². The second-order valence-corrected chi connectivity index (χ2v) is 10.7. The van der Waals surface area contributed by atoms with Gasteiger partial charge in [-0.05, 0) is 59.6 Å². The Kier molecular flexibility index (Phi) is 6.75. The first-order chi connectivity index (χ1) is 14.9. The molecule has 1 saturated carbocycles. The summed E-state index contributed by atoms with van der Waals surface area (Å²) in [5.41, 5.74) is 3.71. The van der Waals surface area contributed by atoms with Crippen LogP contribution in [0.4, 0.5) is 0 Å². The van der Waals surface area contributed by atoms with Crippen LogP contribution in [0.15, 0.2) is 66.7 Å². The highest BCUT2D eigenvalue weighted by Crippen LogP contribution is 2.34. The molecule has 2 N–H and O–H groups in total. The first kappa shape index (κ1) is 22.0. The number of sulfonamides is 1. The number of benzene rings is 3. The van der Waals surface area contributed by atoms with Crippen molar-refractivity contribution in [3.63, 3.8) is 0 Å². The lowest BCUT2D eigenvalue weighted by molar-refractivity contribution is 0.319. The molecule has 0 bridgehead atoms. The minimum Gasteiger partial charge on any atom is -0.307 e. The molecule has 3 unspecified atom stereocenters. The molecule has 1 fully saturated rings. The van der Waals surface area contributed by atoms with Crippen molar-refractivity contribution in [2.75, 3.05) is 6.26 Å². The predicted octanol–water partition coefficient (Wildman–Crippen LogP) is 5.27. The zero-order valence-corrected chi connectivity index (χ0v) is 19.2. The third-order valence-electron chi connectivity index (χ3n) is 6.44. The maximum atomic E-state index is 11.3. The Labute approximate surface area is 186 Å². The molecular formula is C26H32N2O2S. The molecule has 31 heavy (non-hydrogen) atoms. The van der Waals surface area contributed by atoms with E-state index in [-0.39, 0.29) is 0 Å².